The molecule has 0 aliphatic carbocycles. The molecule has 0 radical (unpaired) electrons. The van der Waals surface area contributed by atoms with Gasteiger partial charge in [0.2, 0.25) is 10.9 Å². The molecule has 3 rings (SSSR count). The normalized spacial score (nSPS) is 11.0. The van der Waals surface area contributed by atoms with Gasteiger partial charge in [-0.25, -0.2) is 0 Å². The smallest absolute Gasteiger partial charge is 0.234 e. The average Bonchev–Trinajstić information content (AvgIpc) is 2.55. The molecular formula is C18H13NO2. The maximum absolute atomic E-state index is 11.7. The average molecular weight is 275 g/mol. The van der Waals surface area contributed by atoms with E-state index in [-0.39, 0.29) is 0 Å². The molecule has 0 aromatic heterocycles. The molecule has 3 nitrogen and oxygen atoms in total. The Morgan fingerprint density at radius 3 is 2.05 bits per heavy atom. The largest absolute Gasteiger partial charge is 0.362 e. The Bertz CT molecular complexity index is 842. The molecule has 1 N–H and O–H groups in total. The van der Waals surface area contributed by atoms with Gasteiger partial charge in [0.1, 0.15) is 0 Å². The van der Waals surface area contributed by atoms with E-state index in [1.54, 1.807) is 12.3 Å². The van der Waals surface area contributed by atoms with E-state index in [2.05, 4.69) is 5.32 Å². The van der Waals surface area contributed by atoms with Crippen molar-refractivity contribution in [1.82, 2.24) is 0 Å². The fourth-order valence-electron chi connectivity index (χ4n) is 2.22. The van der Waals surface area contributed by atoms with Gasteiger partial charge in [0.15, 0.2) is 0 Å². The number of nitrogens with one attached hydrogen (secondary N) is 1. The number of para-hydroxylation sites is 1. The quantitative estimate of drug-likeness (QED) is 0.744. The van der Waals surface area contributed by atoms with Crippen LogP contribution in [-0.2, 0) is 0 Å². The maximum atomic E-state index is 11.7. The van der Waals surface area contributed by atoms with Crippen molar-refractivity contribution in [3.63, 3.8) is 0 Å². The summed E-state index contributed by atoms with van der Waals surface area (Å²) in [5.41, 5.74) is 1.80. The molecule has 0 unspecified atom stereocenters. The SMILES string of the molecule is O=c1c(/C=C/Nc2ccccc2)c(-c2ccccc2)c1=O. The Morgan fingerprint density at radius 1 is 0.762 bits per heavy atom. The summed E-state index contributed by atoms with van der Waals surface area (Å²) < 4.78 is 0. The Hall–Kier alpha value is -2.94. The number of hydrogen-bond donors (Lipinski definition) is 1. The summed E-state index contributed by atoms with van der Waals surface area (Å²) in [5, 5.41) is 3.07. The molecule has 21 heavy (non-hydrogen) atoms. The van der Waals surface area contributed by atoms with Crippen LogP contribution in [0.3, 0.4) is 0 Å². The van der Waals surface area contributed by atoms with E-state index < -0.39 is 10.9 Å². The van der Waals surface area contributed by atoms with Gasteiger partial charge in [-0.2, -0.15) is 0 Å². The number of hydrogen-bond acceptors (Lipinski definition) is 3. The highest BCUT2D eigenvalue weighted by atomic mass is 16.2. The summed E-state index contributed by atoms with van der Waals surface area (Å²) in [6.45, 7) is 0. The molecule has 3 aromatic carbocycles. The van der Waals surface area contributed by atoms with Crippen molar-refractivity contribution in [1.29, 1.82) is 0 Å². The highest BCUT2D eigenvalue weighted by molar-refractivity contribution is 5.79. The summed E-state index contributed by atoms with van der Waals surface area (Å²) in [6.07, 6.45) is 3.33. The highest BCUT2D eigenvalue weighted by Crippen LogP contribution is 2.20. The van der Waals surface area contributed by atoms with Crippen LogP contribution >= 0.6 is 0 Å². The lowest BCUT2D eigenvalue weighted by atomic mass is 9.94. The minimum absolute atomic E-state index is 0.416. The fourth-order valence-corrected chi connectivity index (χ4v) is 2.22. The number of rotatable bonds is 4. The van der Waals surface area contributed by atoms with Gasteiger partial charge in [-0.15, -0.1) is 0 Å². The maximum Gasteiger partial charge on any atom is 0.234 e. The van der Waals surface area contributed by atoms with Gasteiger partial charge in [-0.05, 0) is 23.8 Å². The highest BCUT2D eigenvalue weighted by Gasteiger charge is 2.19. The first kappa shape index (κ1) is 13.1. The van der Waals surface area contributed by atoms with Gasteiger partial charge in [0, 0.05) is 23.0 Å². The van der Waals surface area contributed by atoms with Crippen molar-refractivity contribution in [3.8, 4) is 11.1 Å². The second-order valence-corrected chi connectivity index (χ2v) is 4.66. The molecule has 0 heterocycles. The van der Waals surface area contributed by atoms with Crippen molar-refractivity contribution < 1.29 is 0 Å². The van der Waals surface area contributed by atoms with Crippen LogP contribution in [0.1, 0.15) is 5.56 Å². The minimum Gasteiger partial charge on any atom is -0.362 e. The third-order valence-corrected chi connectivity index (χ3v) is 3.28. The molecule has 0 aliphatic rings. The molecule has 0 atom stereocenters. The molecule has 0 aliphatic heterocycles. The van der Waals surface area contributed by atoms with E-state index in [1.165, 1.54) is 0 Å². The fraction of sp³-hybridized carbons (Fsp3) is 0. The zero-order chi connectivity index (χ0) is 14.7. The summed E-state index contributed by atoms with van der Waals surface area (Å²) in [4.78, 5) is 23.4. The lowest BCUT2D eigenvalue weighted by Gasteiger charge is -2.07. The van der Waals surface area contributed by atoms with Crippen molar-refractivity contribution in [3.05, 3.63) is 92.9 Å². The molecule has 0 saturated heterocycles. The van der Waals surface area contributed by atoms with E-state index in [0.717, 1.165) is 11.3 Å². The van der Waals surface area contributed by atoms with E-state index in [0.29, 0.717) is 11.1 Å². The van der Waals surface area contributed by atoms with Crippen molar-refractivity contribution in [2.24, 2.45) is 0 Å². The summed E-state index contributed by atoms with van der Waals surface area (Å²) in [7, 11) is 0. The zero-order valence-corrected chi connectivity index (χ0v) is 11.2. The van der Waals surface area contributed by atoms with Crippen LogP contribution < -0.4 is 16.2 Å². The molecule has 0 bridgehead atoms. The first-order chi connectivity index (χ1) is 10.3. The summed E-state index contributed by atoms with van der Waals surface area (Å²) in [5.74, 6) is 0. The first-order valence-corrected chi connectivity index (χ1v) is 6.64. The standard InChI is InChI=1S/C18H13NO2/c20-17-15(11-12-19-14-9-5-2-6-10-14)16(18(17)21)13-7-3-1-4-8-13/h1-12,19H/b12-11+. The van der Waals surface area contributed by atoms with E-state index in [4.69, 9.17) is 0 Å². The first-order valence-electron chi connectivity index (χ1n) is 6.64. The van der Waals surface area contributed by atoms with Crippen LogP contribution in [0, 0.1) is 0 Å². The lowest BCUT2D eigenvalue weighted by molar-refractivity contribution is 1.37. The lowest BCUT2D eigenvalue weighted by Crippen LogP contribution is -2.35. The van der Waals surface area contributed by atoms with Crippen LogP contribution in [0.15, 0.2) is 76.5 Å². The van der Waals surface area contributed by atoms with Gasteiger partial charge in [0.25, 0.3) is 0 Å². The third-order valence-electron chi connectivity index (χ3n) is 3.28. The molecule has 3 heteroatoms. The second-order valence-electron chi connectivity index (χ2n) is 4.66. The van der Waals surface area contributed by atoms with Gasteiger partial charge < -0.3 is 5.32 Å². The predicted molar refractivity (Wildman–Crippen MR) is 85.9 cm³/mol. The Balaban J connectivity index is 1.86. The molecule has 0 amide bonds. The minimum atomic E-state index is -0.431. The number of anilines is 1. The second kappa shape index (κ2) is 5.59. The van der Waals surface area contributed by atoms with Crippen LogP contribution in [0.5, 0.6) is 0 Å². The number of benzene rings is 2. The van der Waals surface area contributed by atoms with Crippen LogP contribution in [0.4, 0.5) is 5.69 Å². The molecule has 0 spiro atoms. The molecule has 3 aromatic rings. The van der Waals surface area contributed by atoms with Crippen LogP contribution in [0.25, 0.3) is 17.2 Å². The monoisotopic (exact) mass is 275 g/mol. The molecule has 0 saturated carbocycles. The van der Waals surface area contributed by atoms with Crippen molar-refractivity contribution >= 4 is 11.8 Å². The van der Waals surface area contributed by atoms with Crippen molar-refractivity contribution in [2.45, 2.75) is 0 Å². The summed E-state index contributed by atoms with van der Waals surface area (Å²) >= 11 is 0. The van der Waals surface area contributed by atoms with Crippen LogP contribution in [0.2, 0.25) is 0 Å². The van der Waals surface area contributed by atoms with Gasteiger partial charge in [-0.3, -0.25) is 9.59 Å². The van der Waals surface area contributed by atoms with Gasteiger partial charge in [-0.1, -0.05) is 48.5 Å². The van der Waals surface area contributed by atoms with Crippen LogP contribution in [-0.4, -0.2) is 0 Å². The Kier molecular flexibility index (Phi) is 3.48. The zero-order valence-electron chi connectivity index (χ0n) is 11.2. The predicted octanol–water partition coefficient (Wildman–Crippen LogP) is 3.03. The molecule has 102 valence electrons. The van der Waals surface area contributed by atoms with Gasteiger partial charge in [0.05, 0.1) is 0 Å². The van der Waals surface area contributed by atoms with Crippen molar-refractivity contribution in [2.75, 3.05) is 5.32 Å². The Labute approximate surface area is 121 Å². The van der Waals surface area contributed by atoms with E-state index >= 15 is 0 Å². The van der Waals surface area contributed by atoms with E-state index in [1.807, 2.05) is 60.7 Å². The van der Waals surface area contributed by atoms with E-state index in [9.17, 15) is 9.59 Å². The third kappa shape index (κ3) is 2.54. The van der Waals surface area contributed by atoms with Gasteiger partial charge >= 0.3 is 0 Å². The molecular weight excluding hydrogens is 262 g/mol. The Morgan fingerprint density at radius 2 is 1.38 bits per heavy atom. The summed E-state index contributed by atoms with van der Waals surface area (Å²) in [6, 6.07) is 18.8. The molecule has 0 fully saturated rings. The topological polar surface area (TPSA) is 46.2 Å².